The van der Waals surface area contributed by atoms with Crippen molar-refractivity contribution >= 4 is 52.2 Å². The van der Waals surface area contributed by atoms with Crippen LogP contribution >= 0.6 is 23.4 Å². The number of imide groups is 1. The number of fused-ring (bicyclic) bond motifs is 1. The molecule has 0 spiro atoms. The van der Waals surface area contributed by atoms with Crippen molar-refractivity contribution in [2.24, 2.45) is 0 Å². The minimum Gasteiger partial charge on any atom is -0.493 e. The quantitative estimate of drug-likeness (QED) is 0.192. The van der Waals surface area contributed by atoms with E-state index in [4.69, 9.17) is 21.1 Å². The fourth-order valence-corrected chi connectivity index (χ4v) is 5.68. The fraction of sp³-hybridized carbons (Fsp3) is 0.207. The number of carbonyl (C=O) groups excluding carboxylic acids is 3. The summed E-state index contributed by atoms with van der Waals surface area (Å²) in [7, 11) is 1.44. The molecule has 0 atom stereocenters. The molecule has 12 heteroatoms. The molecule has 2 aliphatic rings. The highest BCUT2D eigenvalue weighted by Crippen LogP contribution is 2.39. The second-order valence-electron chi connectivity index (χ2n) is 9.35. The number of nitro groups is 1. The Balaban J connectivity index is 1.26. The van der Waals surface area contributed by atoms with Crippen LogP contribution < -0.4 is 9.47 Å². The van der Waals surface area contributed by atoms with Gasteiger partial charge in [0.25, 0.3) is 16.8 Å². The number of benzene rings is 3. The number of halogens is 1. The van der Waals surface area contributed by atoms with Crippen molar-refractivity contribution < 1.29 is 28.8 Å². The Hall–Kier alpha value is -4.35. The fourth-order valence-electron chi connectivity index (χ4n) is 4.56. The van der Waals surface area contributed by atoms with Gasteiger partial charge >= 0.3 is 0 Å². The Morgan fingerprint density at radius 3 is 2.56 bits per heavy atom. The molecule has 210 valence electrons. The summed E-state index contributed by atoms with van der Waals surface area (Å²) in [5.74, 6) is -0.293. The first kappa shape index (κ1) is 28.2. The molecular formula is C29H24ClN3O7S. The van der Waals surface area contributed by atoms with Gasteiger partial charge in [0.2, 0.25) is 5.91 Å². The monoisotopic (exact) mass is 593 g/mol. The highest BCUT2D eigenvalue weighted by Gasteiger charge is 2.37. The molecule has 0 aliphatic carbocycles. The normalized spacial score (nSPS) is 15.7. The van der Waals surface area contributed by atoms with E-state index in [2.05, 4.69) is 0 Å². The van der Waals surface area contributed by atoms with E-state index in [-0.39, 0.29) is 40.4 Å². The molecule has 2 aliphatic heterocycles. The average molecular weight is 594 g/mol. The van der Waals surface area contributed by atoms with E-state index in [0.717, 1.165) is 28.6 Å². The Labute approximate surface area is 244 Å². The SMILES string of the molecule is COc1cc(/C=C2\SC(=O)N(CC(=O)N3CCc4ccccc4C3)C2=O)cc(Cl)c1OCc1ccc([N+](=O)[O-])cc1. The third-order valence-corrected chi connectivity index (χ3v) is 7.92. The van der Waals surface area contributed by atoms with Crippen LogP contribution in [0.25, 0.3) is 6.08 Å². The van der Waals surface area contributed by atoms with E-state index in [1.54, 1.807) is 29.2 Å². The summed E-state index contributed by atoms with van der Waals surface area (Å²) in [6.45, 7) is 0.726. The molecule has 1 saturated heterocycles. The van der Waals surface area contributed by atoms with Gasteiger partial charge in [0.1, 0.15) is 13.2 Å². The van der Waals surface area contributed by atoms with Crippen molar-refractivity contribution in [1.29, 1.82) is 0 Å². The minimum atomic E-state index is -0.556. The van der Waals surface area contributed by atoms with Crippen LogP contribution in [0.1, 0.15) is 22.3 Å². The Kier molecular flexibility index (Phi) is 8.27. The lowest BCUT2D eigenvalue weighted by Crippen LogP contribution is -2.44. The van der Waals surface area contributed by atoms with Crippen LogP contribution in [0.2, 0.25) is 5.02 Å². The summed E-state index contributed by atoms with van der Waals surface area (Å²) in [6, 6.07) is 17.0. The average Bonchev–Trinajstić information content (AvgIpc) is 3.23. The maximum absolute atomic E-state index is 13.1. The second-order valence-corrected chi connectivity index (χ2v) is 10.7. The molecule has 10 nitrogen and oxygen atoms in total. The van der Waals surface area contributed by atoms with E-state index >= 15 is 0 Å². The largest absolute Gasteiger partial charge is 0.493 e. The van der Waals surface area contributed by atoms with Gasteiger partial charge in [-0.25, -0.2) is 0 Å². The van der Waals surface area contributed by atoms with Crippen LogP contribution in [0.15, 0.2) is 65.6 Å². The third kappa shape index (κ3) is 6.21. The van der Waals surface area contributed by atoms with E-state index < -0.39 is 16.1 Å². The van der Waals surface area contributed by atoms with Crippen molar-refractivity contribution in [3.8, 4) is 11.5 Å². The standard InChI is InChI=1S/C29H24ClN3O7S/c1-39-24-13-19(12-23(30)27(24)40-17-18-6-8-22(9-7-18)33(37)38)14-25-28(35)32(29(36)41-25)16-26(34)31-11-10-20-4-2-3-5-21(20)15-31/h2-9,12-14H,10-11,15-17H2,1H3/b25-14-. The van der Waals surface area contributed by atoms with Crippen LogP contribution in [0.5, 0.6) is 11.5 Å². The van der Waals surface area contributed by atoms with E-state index in [0.29, 0.717) is 30.0 Å². The Morgan fingerprint density at radius 2 is 1.85 bits per heavy atom. The minimum absolute atomic E-state index is 0.0280. The van der Waals surface area contributed by atoms with Gasteiger partial charge in [-0.2, -0.15) is 0 Å². The summed E-state index contributed by atoms with van der Waals surface area (Å²) in [5, 5.41) is 10.5. The van der Waals surface area contributed by atoms with Gasteiger partial charge in [0, 0.05) is 25.2 Å². The van der Waals surface area contributed by atoms with Crippen LogP contribution in [0.3, 0.4) is 0 Å². The number of methoxy groups -OCH3 is 1. The lowest BCUT2D eigenvalue weighted by molar-refractivity contribution is -0.384. The number of nitro benzene ring substituents is 1. The number of thioether (sulfide) groups is 1. The van der Waals surface area contributed by atoms with Gasteiger partial charge in [-0.3, -0.25) is 29.4 Å². The number of rotatable bonds is 8. The molecule has 0 saturated carbocycles. The number of nitrogens with zero attached hydrogens (tertiary/aromatic N) is 3. The lowest BCUT2D eigenvalue weighted by atomic mass is 10.00. The zero-order chi connectivity index (χ0) is 29.1. The van der Waals surface area contributed by atoms with Gasteiger partial charge in [-0.15, -0.1) is 0 Å². The number of hydrogen-bond acceptors (Lipinski definition) is 8. The molecule has 3 amide bonds. The third-order valence-electron chi connectivity index (χ3n) is 6.73. The smallest absolute Gasteiger partial charge is 0.294 e. The first-order valence-electron chi connectivity index (χ1n) is 12.6. The molecule has 0 N–H and O–H groups in total. The van der Waals surface area contributed by atoms with Crippen molar-refractivity contribution in [2.45, 2.75) is 19.6 Å². The lowest BCUT2D eigenvalue weighted by Gasteiger charge is -2.29. The Bertz CT molecular complexity index is 1580. The first-order valence-corrected chi connectivity index (χ1v) is 13.8. The molecule has 5 rings (SSSR count). The zero-order valence-corrected chi connectivity index (χ0v) is 23.4. The number of non-ortho nitro benzene ring substituents is 1. The summed E-state index contributed by atoms with van der Waals surface area (Å²) in [5.41, 5.74) is 3.42. The van der Waals surface area contributed by atoms with Crippen LogP contribution in [0, 0.1) is 10.1 Å². The van der Waals surface area contributed by atoms with Gasteiger partial charge in [0.05, 0.1) is 22.0 Å². The molecule has 0 bridgehead atoms. The molecular weight excluding hydrogens is 570 g/mol. The first-order chi connectivity index (χ1) is 19.7. The molecule has 2 heterocycles. The highest BCUT2D eigenvalue weighted by atomic mass is 35.5. The highest BCUT2D eigenvalue weighted by molar-refractivity contribution is 8.18. The zero-order valence-electron chi connectivity index (χ0n) is 21.9. The van der Waals surface area contributed by atoms with E-state index in [9.17, 15) is 24.5 Å². The van der Waals surface area contributed by atoms with Gasteiger partial charge in [-0.1, -0.05) is 35.9 Å². The predicted molar refractivity (Wildman–Crippen MR) is 154 cm³/mol. The summed E-state index contributed by atoms with van der Waals surface area (Å²) in [6.07, 6.45) is 2.24. The maximum Gasteiger partial charge on any atom is 0.294 e. The number of carbonyl (C=O) groups is 3. The maximum atomic E-state index is 13.1. The topological polar surface area (TPSA) is 119 Å². The summed E-state index contributed by atoms with van der Waals surface area (Å²) >= 11 is 7.23. The number of hydrogen-bond donors (Lipinski definition) is 0. The van der Waals surface area contributed by atoms with E-state index in [1.807, 2.05) is 24.3 Å². The molecule has 0 unspecified atom stereocenters. The molecule has 1 fully saturated rings. The van der Waals surface area contributed by atoms with E-state index in [1.165, 1.54) is 30.9 Å². The van der Waals surface area contributed by atoms with Crippen LogP contribution in [-0.2, 0) is 29.2 Å². The van der Waals surface area contributed by atoms with Gasteiger partial charge < -0.3 is 14.4 Å². The van der Waals surface area contributed by atoms with Gasteiger partial charge in [0.15, 0.2) is 11.5 Å². The molecule has 0 aromatic heterocycles. The van der Waals surface area contributed by atoms with Crippen molar-refractivity contribution in [3.63, 3.8) is 0 Å². The van der Waals surface area contributed by atoms with Gasteiger partial charge in [-0.05, 0) is 70.8 Å². The second kappa shape index (κ2) is 12.0. The summed E-state index contributed by atoms with van der Waals surface area (Å²) < 4.78 is 11.3. The van der Waals surface area contributed by atoms with Crippen LogP contribution in [-0.4, -0.2) is 52.0 Å². The number of amides is 3. The van der Waals surface area contributed by atoms with Crippen molar-refractivity contribution in [2.75, 3.05) is 20.2 Å². The number of ether oxygens (including phenoxy) is 2. The molecule has 3 aromatic rings. The summed E-state index contributed by atoms with van der Waals surface area (Å²) in [4.78, 5) is 51.9. The predicted octanol–water partition coefficient (Wildman–Crippen LogP) is 5.46. The van der Waals surface area contributed by atoms with Crippen molar-refractivity contribution in [3.05, 3.63) is 103 Å². The Morgan fingerprint density at radius 1 is 1.12 bits per heavy atom. The van der Waals surface area contributed by atoms with Crippen molar-refractivity contribution in [1.82, 2.24) is 9.80 Å². The molecule has 3 aromatic carbocycles. The van der Waals surface area contributed by atoms with Crippen LogP contribution in [0.4, 0.5) is 10.5 Å². The molecule has 0 radical (unpaired) electrons. The molecule has 41 heavy (non-hydrogen) atoms.